The molecule has 2 aliphatic rings. The van der Waals surface area contributed by atoms with E-state index in [1.165, 1.54) is 32.1 Å². The van der Waals surface area contributed by atoms with E-state index < -0.39 is 0 Å². The Morgan fingerprint density at radius 1 is 1.26 bits per heavy atom. The lowest BCUT2D eigenvalue weighted by Gasteiger charge is -2.48. The summed E-state index contributed by atoms with van der Waals surface area (Å²) in [6.07, 6.45) is 6.90. The minimum atomic E-state index is 0.464. The Hall–Kier alpha value is -0.820. The average Bonchev–Trinajstić information content (AvgIpc) is 2.77. The third kappa shape index (κ3) is 1.71. The monoisotopic (exact) mass is 257 g/mol. The molecule has 1 nitrogen and oxygen atoms in total. The highest BCUT2D eigenvalue weighted by Crippen LogP contribution is 2.64. The second-order valence-corrected chi connectivity index (χ2v) is 6.57. The number of hydrogen-bond donors (Lipinski definition) is 1. The van der Waals surface area contributed by atoms with Crippen molar-refractivity contribution < 1.29 is 0 Å². The van der Waals surface area contributed by atoms with Gasteiger partial charge < -0.3 is 5.32 Å². The van der Waals surface area contributed by atoms with Crippen molar-refractivity contribution in [2.75, 3.05) is 7.05 Å². The molecule has 1 aromatic rings. The number of rotatable bonds is 3. The van der Waals surface area contributed by atoms with Crippen LogP contribution in [-0.4, -0.2) is 7.05 Å². The Morgan fingerprint density at radius 3 is 2.68 bits per heavy atom. The van der Waals surface area contributed by atoms with Crippen molar-refractivity contribution in [3.05, 3.63) is 35.4 Å². The lowest BCUT2D eigenvalue weighted by Crippen LogP contribution is -2.43. The predicted molar refractivity (Wildman–Crippen MR) is 81.3 cm³/mol. The van der Waals surface area contributed by atoms with Gasteiger partial charge >= 0.3 is 0 Å². The maximum Gasteiger partial charge on any atom is 0.0386 e. The van der Waals surface area contributed by atoms with Crippen LogP contribution in [0.15, 0.2) is 24.3 Å². The van der Waals surface area contributed by atoms with E-state index >= 15 is 0 Å². The first-order valence-corrected chi connectivity index (χ1v) is 8.01. The normalized spacial score (nSPS) is 34.7. The van der Waals surface area contributed by atoms with Crippen LogP contribution in [0.3, 0.4) is 0 Å². The fourth-order valence-electron chi connectivity index (χ4n) is 5.07. The molecule has 1 N–H and O–H groups in total. The summed E-state index contributed by atoms with van der Waals surface area (Å²) in [5.74, 6) is 1.58. The second kappa shape index (κ2) is 4.94. The summed E-state index contributed by atoms with van der Waals surface area (Å²) in [6.45, 7) is 4.84. The summed E-state index contributed by atoms with van der Waals surface area (Å²) in [6, 6.07) is 9.75. The van der Waals surface area contributed by atoms with Crippen molar-refractivity contribution in [2.45, 2.75) is 57.9 Å². The summed E-state index contributed by atoms with van der Waals surface area (Å²) < 4.78 is 0. The molecule has 0 radical (unpaired) electrons. The number of hydrogen-bond acceptors (Lipinski definition) is 1. The van der Waals surface area contributed by atoms with Gasteiger partial charge in [0.25, 0.3) is 0 Å². The molecule has 0 amide bonds. The summed E-state index contributed by atoms with van der Waals surface area (Å²) >= 11 is 0. The van der Waals surface area contributed by atoms with Crippen LogP contribution in [0.4, 0.5) is 0 Å². The molecule has 104 valence electrons. The highest BCUT2D eigenvalue weighted by Gasteiger charge is 2.55. The van der Waals surface area contributed by atoms with Gasteiger partial charge in [0.05, 0.1) is 0 Å². The van der Waals surface area contributed by atoms with Crippen molar-refractivity contribution in [3.8, 4) is 0 Å². The molecule has 0 saturated heterocycles. The van der Waals surface area contributed by atoms with Crippen LogP contribution in [0.5, 0.6) is 0 Å². The minimum Gasteiger partial charge on any atom is -0.312 e. The Morgan fingerprint density at radius 2 is 2.00 bits per heavy atom. The number of fused-ring (bicyclic) bond motifs is 3. The van der Waals surface area contributed by atoms with E-state index in [-0.39, 0.29) is 0 Å². The molecular weight excluding hydrogens is 230 g/mol. The molecule has 1 fully saturated rings. The number of benzene rings is 1. The third-order valence-corrected chi connectivity index (χ3v) is 6.04. The molecule has 1 saturated carbocycles. The first-order valence-electron chi connectivity index (χ1n) is 8.01. The molecule has 0 bridgehead atoms. The van der Waals surface area contributed by atoms with Gasteiger partial charge in [-0.2, -0.15) is 0 Å². The molecule has 4 unspecified atom stereocenters. The zero-order valence-electron chi connectivity index (χ0n) is 12.6. The lowest BCUT2D eigenvalue weighted by atomic mass is 9.58. The van der Waals surface area contributed by atoms with Crippen LogP contribution in [0, 0.1) is 11.3 Å². The van der Waals surface area contributed by atoms with Crippen LogP contribution in [0.1, 0.15) is 69.0 Å². The Bertz CT molecular complexity index is 426. The first kappa shape index (κ1) is 13.2. The summed E-state index contributed by atoms with van der Waals surface area (Å²) in [4.78, 5) is 0. The first-order chi connectivity index (χ1) is 9.25. The molecule has 2 aliphatic carbocycles. The fourth-order valence-corrected chi connectivity index (χ4v) is 5.07. The SMILES string of the molecule is CCC(C)C12CCCCC1c1ccccc1C2NC. The van der Waals surface area contributed by atoms with Crippen molar-refractivity contribution >= 4 is 0 Å². The Labute approximate surface area is 117 Å². The van der Waals surface area contributed by atoms with Crippen LogP contribution in [0.25, 0.3) is 0 Å². The van der Waals surface area contributed by atoms with Crippen LogP contribution >= 0.6 is 0 Å². The van der Waals surface area contributed by atoms with Crippen LogP contribution < -0.4 is 5.32 Å². The van der Waals surface area contributed by atoms with E-state index in [9.17, 15) is 0 Å². The van der Waals surface area contributed by atoms with Gasteiger partial charge in [-0.1, -0.05) is 57.4 Å². The van der Waals surface area contributed by atoms with Gasteiger partial charge in [-0.3, -0.25) is 0 Å². The van der Waals surface area contributed by atoms with E-state index in [0.717, 1.165) is 11.8 Å². The van der Waals surface area contributed by atoms with E-state index in [4.69, 9.17) is 0 Å². The molecule has 0 spiro atoms. The largest absolute Gasteiger partial charge is 0.312 e. The zero-order valence-corrected chi connectivity index (χ0v) is 12.6. The molecule has 4 atom stereocenters. The predicted octanol–water partition coefficient (Wildman–Crippen LogP) is 4.65. The summed E-state index contributed by atoms with van der Waals surface area (Å²) in [7, 11) is 2.16. The van der Waals surface area contributed by atoms with Gasteiger partial charge in [0.2, 0.25) is 0 Å². The van der Waals surface area contributed by atoms with Gasteiger partial charge in [0.1, 0.15) is 0 Å². The Kier molecular flexibility index (Phi) is 3.42. The molecule has 0 heterocycles. The molecule has 0 aromatic heterocycles. The molecule has 1 heteroatoms. The zero-order chi connectivity index (χ0) is 13.5. The van der Waals surface area contributed by atoms with E-state index in [0.29, 0.717) is 11.5 Å². The van der Waals surface area contributed by atoms with E-state index in [2.05, 4.69) is 50.5 Å². The topological polar surface area (TPSA) is 12.0 Å². The van der Waals surface area contributed by atoms with Gasteiger partial charge in [-0.15, -0.1) is 0 Å². The van der Waals surface area contributed by atoms with Gasteiger partial charge in [-0.25, -0.2) is 0 Å². The molecule has 0 aliphatic heterocycles. The highest BCUT2D eigenvalue weighted by atomic mass is 14.9. The highest BCUT2D eigenvalue weighted by molar-refractivity contribution is 5.43. The molecular formula is C18H27N. The maximum absolute atomic E-state index is 3.68. The molecule has 19 heavy (non-hydrogen) atoms. The number of nitrogens with one attached hydrogen (secondary N) is 1. The van der Waals surface area contributed by atoms with Gasteiger partial charge in [-0.05, 0) is 48.3 Å². The quantitative estimate of drug-likeness (QED) is 0.831. The fraction of sp³-hybridized carbons (Fsp3) is 0.667. The second-order valence-electron chi connectivity index (χ2n) is 6.57. The van der Waals surface area contributed by atoms with Gasteiger partial charge in [0, 0.05) is 6.04 Å². The van der Waals surface area contributed by atoms with Crippen molar-refractivity contribution in [1.29, 1.82) is 0 Å². The van der Waals surface area contributed by atoms with Gasteiger partial charge in [0.15, 0.2) is 0 Å². The molecule has 3 rings (SSSR count). The average molecular weight is 257 g/mol. The molecule has 1 aromatic carbocycles. The van der Waals surface area contributed by atoms with E-state index in [1.54, 1.807) is 11.1 Å². The van der Waals surface area contributed by atoms with Crippen LogP contribution in [-0.2, 0) is 0 Å². The van der Waals surface area contributed by atoms with Crippen molar-refractivity contribution in [3.63, 3.8) is 0 Å². The summed E-state index contributed by atoms with van der Waals surface area (Å²) in [5.41, 5.74) is 3.69. The lowest BCUT2D eigenvalue weighted by molar-refractivity contribution is 0.0476. The smallest absolute Gasteiger partial charge is 0.0386 e. The third-order valence-electron chi connectivity index (χ3n) is 6.04. The van der Waals surface area contributed by atoms with Crippen molar-refractivity contribution in [1.82, 2.24) is 5.32 Å². The van der Waals surface area contributed by atoms with Crippen molar-refractivity contribution in [2.24, 2.45) is 11.3 Å². The summed E-state index contributed by atoms with van der Waals surface area (Å²) in [5, 5.41) is 3.68. The Balaban J connectivity index is 2.14. The standard InChI is InChI=1S/C18H27N/c1-4-13(2)18-12-8-7-11-16(18)14-9-5-6-10-15(14)17(18)19-3/h5-6,9-10,13,16-17,19H,4,7-8,11-12H2,1-3H3. The maximum atomic E-state index is 3.68. The van der Waals surface area contributed by atoms with Crippen LogP contribution in [0.2, 0.25) is 0 Å². The minimum absolute atomic E-state index is 0.464. The van der Waals surface area contributed by atoms with E-state index in [1.807, 2.05) is 0 Å².